The van der Waals surface area contributed by atoms with Crippen molar-refractivity contribution in [2.45, 2.75) is 45.9 Å². The van der Waals surface area contributed by atoms with Crippen LogP contribution in [0, 0.1) is 6.92 Å². The molecule has 0 aliphatic carbocycles. The molecule has 0 bridgehead atoms. The Kier molecular flexibility index (Phi) is 8.61. The van der Waals surface area contributed by atoms with Crippen LogP contribution in [0.15, 0.2) is 81.7 Å². The highest BCUT2D eigenvalue weighted by Crippen LogP contribution is 2.29. The van der Waals surface area contributed by atoms with E-state index in [2.05, 4.69) is 72.2 Å². The van der Waals surface area contributed by atoms with Crippen LogP contribution in [0.5, 0.6) is 0 Å². The summed E-state index contributed by atoms with van der Waals surface area (Å²) in [5.41, 5.74) is 8.57. The maximum atomic E-state index is 4.39. The molecule has 0 unspecified atom stereocenters. The summed E-state index contributed by atoms with van der Waals surface area (Å²) in [6.45, 7) is 22.9. The zero-order chi connectivity index (χ0) is 19.1. The molecule has 0 spiro atoms. The van der Waals surface area contributed by atoms with Crippen LogP contribution in [0.2, 0.25) is 0 Å². The number of rotatable bonds is 8. The lowest BCUT2D eigenvalue weighted by atomic mass is 9.98. The van der Waals surface area contributed by atoms with E-state index in [0.29, 0.717) is 0 Å². The molecule has 0 aliphatic heterocycles. The standard InChI is InChI=1S/C23H30S2/c1-9-23(15(2)3)19(7)18(6)20(8)25-14-16(4)12-21-10-11-22(24)13-17(21)5/h9-11,13,24H,1-2,4,12,14H2,3,5-8H3/b20-18+,23-19-. The van der Waals surface area contributed by atoms with E-state index in [1.165, 1.54) is 32.8 Å². The molecule has 0 saturated heterocycles. The molecule has 0 aromatic heterocycles. The predicted octanol–water partition coefficient (Wildman–Crippen LogP) is 7.49. The molecule has 0 heterocycles. The Morgan fingerprint density at radius 3 is 2.28 bits per heavy atom. The molecular weight excluding hydrogens is 340 g/mol. The topological polar surface area (TPSA) is 0 Å². The van der Waals surface area contributed by atoms with E-state index in [1.54, 1.807) is 0 Å². The fraction of sp³-hybridized carbons (Fsp3) is 0.304. The second-order valence-electron chi connectivity index (χ2n) is 6.53. The highest BCUT2D eigenvalue weighted by Gasteiger charge is 2.07. The van der Waals surface area contributed by atoms with E-state index in [4.69, 9.17) is 0 Å². The predicted molar refractivity (Wildman–Crippen MR) is 120 cm³/mol. The van der Waals surface area contributed by atoms with Crippen LogP contribution in [0.4, 0.5) is 0 Å². The van der Waals surface area contributed by atoms with Crippen LogP contribution in [-0.2, 0) is 6.42 Å². The summed E-state index contributed by atoms with van der Waals surface area (Å²) < 4.78 is 0. The van der Waals surface area contributed by atoms with E-state index in [1.807, 2.05) is 30.8 Å². The van der Waals surface area contributed by atoms with Crippen molar-refractivity contribution in [2.24, 2.45) is 0 Å². The van der Waals surface area contributed by atoms with Crippen molar-refractivity contribution in [2.75, 3.05) is 5.75 Å². The van der Waals surface area contributed by atoms with Crippen LogP contribution in [0.3, 0.4) is 0 Å². The molecule has 1 rings (SSSR count). The van der Waals surface area contributed by atoms with E-state index in [9.17, 15) is 0 Å². The molecule has 0 amide bonds. The van der Waals surface area contributed by atoms with Crippen molar-refractivity contribution in [1.29, 1.82) is 0 Å². The molecule has 0 nitrogen and oxygen atoms in total. The summed E-state index contributed by atoms with van der Waals surface area (Å²) in [5.74, 6) is 0.926. The normalized spacial score (nSPS) is 13.0. The number of hydrogen-bond donors (Lipinski definition) is 1. The zero-order valence-electron chi connectivity index (χ0n) is 16.2. The summed E-state index contributed by atoms with van der Waals surface area (Å²) in [6, 6.07) is 6.30. The van der Waals surface area contributed by atoms with Crippen LogP contribution < -0.4 is 0 Å². The Balaban J connectivity index is 2.80. The number of thiol groups is 1. The average Bonchev–Trinajstić information content (AvgIpc) is 2.54. The van der Waals surface area contributed by atoms with Gasteiger partial charge in [-0.2, -0.15) is 0 Å². The number of hydrogen-bond acceptors (Lipinski definition) is 2. The van der Waals surface area contributed by atoms with E-state index in [0.717, 1.165) is 28.2 Å². The fourth-order valence-corrected chi connectivity index (χ4v) is 3.79. The van der Waals surface area contributed by atoms with Gasteiger partial charge >= 0.3 is 0 Å². The van der Waals surface area contributed by atoms with Gasteiger partial charge < -0.3 is 0 Å². The zero-order valence-corrected chi connectivity index (χ0v) is 17.9. The molecule has 0 N–H and O–H groups in total. The molecule has 0 aliphatic rings. The lowest BCUT2D eigenvalue weighted by Crippen LogP contribution is -1.96. The Hall–Kier alpha value is -1.38. The Morgan fingerprint density at radius 1 is 1.12 bits per heavy atom. The van der Waals surface area contributed by atoms with Gasteiger partial charge in [-0.15, -0.1) is 24.4 Å². The van der Waals surface area contributed by atoms with Gasteiger partial charge in [-0.25, -0.2) is 0 Å². The van der Waals surface area contributed by atoms with Crippen molar-refractivity contribution in [3.8, 4) is 0 Å². The van der Waals surface area contributed by atoms with Crippen LogP contribution >= 0.6 is 24.4 Å². The van der Waals surface area contributed by atoms with Gasteiger partial charge in [0.1, 0.15) is 0 Å². The van der Waals surface area contributed by atoms with Gasteiger partial charge in [0.15, 0.2) is 0 Å². The van der Waals surface area contributed by atoms with Crippen molar-refractivity contribution < 1.29 is 0 Å². The summed E-state index contributed by atoms with van der Waals surface area (Å²) in [5, 5.41) is 0. The van der Waals surface area contributed by atoms with Crippen molar-refractivity contribution in [3.05, 3.63) is 87.9 Å². The minimum absolute atomic E-state index is 0.914. The van der Waals surface area contributed by atoms with Gasteiger partial charge in [0.25, 0.3) is 0 Å². The maximum absolute atomic E-state index is 4.39. The Labute approximate surface area is 163 Å². The second-order valence-corrected chi connectivity index (χ2v) is 8.24. The fourth-order valence-electron chi connectivity index (χ4n) is 2.63. The number of benzene rings is 1. The summed E-state index contributed by atoms with van der Waals surface area (Å²) in [7, 11) is 0. The molecule has 134 valence electrons. The van der Waals surface area contributed by atoms with Crippen LogP contribution in [0.25, 0.3) is 0 Å². The van der Waals surface area contributed by atoms with Gasteiger partial charge in [0.05, 0.1) is 0 Å². The molecule has 1 aromatic carbocycles. The van der Waals surface area contributed by atoms with Gasteiger partial charge in [-0.05, 0) is 85.9 Å². The first kappa shape index (κ1) is 21.7. The summed E-state index contributed by atoms with van der Waals surface area (Å²) >= 11 is 6.25. The molecular formula is C23H30S2. The summed E-state index contributed by atoms with van der Waals surface area (Å²) in [4.78, 5) is 2.33. The Bertz CT molecular complexity index is 745. The number of thioether (sulfide) groups is 1. The lowest BCUT2D eigenvalue weighted by Gasteiger charge is -2.14. The van der Waals surface area contributed by atoms with Crippen molar-refractivity contribution in [3.63, 3.8) is 0 Å². The molecule has 25 heavy (non-hydrogen) atoms. The molecule has 0 radical (unpaired) electrons. The third-order valence-electron chi connectivity index (χ3n) is 4.42. The van der Waals surface area contributed by atoms with Crippen LogP contribution in [0.1, 0.15) is 38.8 Å². The minimum Gasteiger partial charge on any atom is -0.143 e. The third kappa shape index (κ3) is 6.45. The van der Waals surface area contributed by atoms with Crippen LogP contribution in [-0.4, -0.2) is 5.75 Å². The van der Waals surface area contributed by atoms with Gasteiger partial charge in [0.2, 0.25) is 0 Å². The smallest absolute Gasteiger partial charge is 0.0188 e. The second kappa shape index (κ2) is 9.94. The largest absolute Gasteiger partial charge is 0.143 e. The highest BCUT2D eigenvalue weighted by atomic mass is 32.2. The van der Waals surface area contributed by atoms with E-state index >= 15 is 0 Å². The Morgan fingerprint density at radius 2 is 1.76 bits per heavy atom. The molecule has 0 atom stereocenters. The van der Waals surface area contributed by atoms with E-state index < -0.39 is 0 Å². The number of allylic oxidation sites excluding steroid dienone is 6. The van der Waals surface area contributed by atoms with E-state index in [-0.39, 0.29) is 0 Å². The molecule has 0 fully saturated rings. The summed E-state index contributed by atoms with van der Waals surface area (Å²) in [6.07, 6.45) is 2.81. The molecule has 1 aromatic rings. The van der Waals surface area contributed by atoms with Gasteiger partial charge in [0, 0.05) is 10.6 Å². The maximum Gasteiger partial charge on any atom is 0.0188 e. The lowest BCUT2D eigenvalue weighted by molar-refractivity contribution is 1.12. The monoisotopic (exact) mass is 370 g/mol. The molecule has 0 saturated carbocycles. The minimum atomic E-state index is 0.914. The first-order valence-corrected chi connectivity index (χ1v) is 9.85. The first-order chi connectivity index (χ1) is 11.7. The SMILES string of the molecule is C=C/C(C(=C)C)=C(C)/C(C)=C(\C)SCC(=C)Cc1ccc(S)cc1C. The number of aryl methyl sites for hydroxylation is 1. The van der Waals surface area contributed by atoms with Crippen molar-refractivity contribution in [1.82, 2.24) is 0 Å². The average molecular weight is 371 g/mol. The quantitative estimate of drug-likeness (QED) is 0.281. The highest BCUT2D eigenvalue weighted by molar-refractivity contribution is 8.03. The van der Waals surface area contributed by atoms with Crippen molar-refractivity contribution >= 4 is 24.4 Å². The molecule has 2 heteroatoms. The van der Waals surface area contributed by atoms with Gasteiger partial charge in [-0.1, -0.05) is 43.0 Å². The first-order valence-electron chi connectivity index (χ1n) is 8.42. The van der Waals surface area contributed by atoms with Gasteiger partial charge in [-0.3, -0.25) is 0 Å². The third-order valence-corrected chi connectivity index (χ3v) is 5.99.